The lowest BCUT2D eigenvalue weighted by Crippen LogP contribution is -1.90. The Hall–Kier alpha value is -0.680. The molecule has 1 atom stereocenters. The van der Waals surface area contributed by atoms with E-state index in [9.17, 15) is 4.79 Å². The molecule has 2 heteroatoms. The van der Waals surface area contributed by atoms with Crippen molar-refractivity contribution in [2.24, 2.45) is 0 Å². The molecule has 1 nitrogen and oxygen atoms in total. The molecule has 52 valence electrons. The number of benzene rings is 1. The number of carbonyl (C=O) groups is 1. The lowest BCUT2D eigenvalue weighted by Gasteiger charge is -1.93. The Kier molecular flexibility index (Phi) is 2.58. The zero-order valence-corrected chi connectivity index (χ0v) is 6.73. The summed E-state index contributed by atoms with van der Waals surface area (Å²) < 4.78 is 0. The fourth-order valence-corrected chi connectivity index (χ4v) is 1.03. The molecule has 0 spiro atoms. The van der Waals surface area contributed by atoms with Crippen LogP contribution in [0.5, 0.6) is 0 Å². The highest BCUT2D eigenvalue weighted by Gasteiger charge is 1.93. The first-order chi connectivity index (χ1) is 4.79. The summed E-state index contributed by atoms with van der Waals surface area (Å²) in [5.41, 5.74) is 1.20. The highest BCUT2D eigenvalue weighted by Crippen LogP contribution is 2.02. The minimum absolute atomic E-state index is 0.131. The van der Waals surface area contributed by atoms with Crippen molar-refractivity contribution in [3.8, 4) is 0 Å². The van der Waals surface area contributed by atoms with Crippen LogP contribution in [0.15, 0.2) is 30.3 Å². The van der Waals surface area contributed by atoms with E-state index in [2.05, 4.69) is 9.24 Å². The molecule has 0 aromatic heterocycles. The number of rotatable bonds is 2. The summed E-state index contributed by atoms with van der Waals surface area (Å²) in [6.45, 7) is 0. The van der Waals surface area contributed by atoms with Gasteiger partial charge in [-0.25, -0.2) is 0 Å². The van der Waals surface area contributed by atoms with E-state index in [1.54, 1.807) is 0 Å². The minimum atomic E-state index is 0.131. The van der Waals surface area contributed by atoms with Crippen molar-refractivity contribution in [1.29, 1.82) is 0 Å². The third kappa shape index (κ3) is 2.28. The standard InChI is InChI=1S/C8H9OP/c9-8(10)6-7-4-2-1-3-5-7/h1-5H,6,10H2. The first-order valence-corrected chi connectivity index (χ1v) is 3.69. The van der Waals surface area contributed by atoms with Gasteiger partial charge in [0.15, 0.2) is 5.52 Å². The van der Waals surface area contributed by atoms with Crippen molar-refractivity contribution >= 4 is 14.8 Å². The lowest BCUT2D eigenvalue weighted by molar-refractivity contribution is -0.110. The fraction of sp³-hybridized carbons (Fsp3) is 0.125. The van der Waals surface area contributed by atoms with Crippen molar-refractivity contribution in [2.45, 2.75) is 6.42 Å². The van der Waals surface area contributed by atoms with E-state index in [-0.39, 0.29) is 5.52 Å². The summed E-state index contributed by atoms with van der Waals surface area (Å²) in [6.07, 6.45) is 0.519. The monoisotopic (exact) mass is 152 g/mol. The zero-order chi connectivity index (χ0) is 7.40. The highest BCUT2D eigenvalue weighted by molar-refractivity contribution is 7.40. The van der Waals surface area contributed by atoms with Gasteiger partial charge >= 0.3 is 0 Å². The van der Waals surface area contributed by atoms with Crippen LogP contribution in [-0.2, 0) is 11.2 Å². The molecule has 1 rings (SSSR count). The molecule has 0 aliphatic heterocycles. The summed E-state index contributed by atoms with van der Waals surface area (Å²) in [4.78, 5) is 10.6. The highest BCUT2D eigenvalue weighted by atomic mass is 31.0. The van der Waals surface area contributed by atoms with Gasteiger partial charge < -0.3 is 0 Å². The van der Waals surface area contributed by atoms with E-state index < -0.39 is 0 Å². The zero-order valence-electron chi connectivity index (χ0n) is 5.58. The predicted octanol–water partition coefficient (Wildman–Crippen LogP) is 1.63. The van der Waals surface area contributed by atoms with Gasteiger partial charge in [-0.1, -0.05) is 39.6 Å². The Morgan fingerprint density at radius 3 is 2.40 bits per heavy atom. The van der Waals surface area contributed by atoms with Crippen molar-refractivity contribution in [1.82, 2.24) is 0 Å². The van der Waals surface area contributed by atoms with Gasteiger partial charge in [0.1, 0.15) is 0 Å². The van der Waals surface area contributed by atoms with Crippen LogP contribution in [-0.4, -0.2) is 5.52 Å². The molecule has 0 fully saturated rings. The average molecular weight is 152 g/mol. The average Bonchev–Trinajstić information content (AvgIpc) is 1.88. The summed E-state index contributed by atoms with van der Waals surface area (Å²) in [7, 11) is 2.17. The van der Waals surface area contributed by atoms with Crippen LogP contribution in [0.4, 0.5) is 0 Å². The summed E-state index contributed by atoms with van der Waals surface area (Å²) >= 11 is 0. The molecule has 0 aliphatic rings. The Bertz CT molecular complexity index is 218. The molecule has 0 saturated carbocycles. The quantitative estimate of drug-likeness (QED) is 0.588. The first-order valence-electron chi connectivity index (χ1n) is 3.11. The second kappa shape index (κ2) is 3.48. The van der Waals surface area contributed by atoms with Gasteiger partial charge in [-0.15, -0.1) is 0 Å². The van der Waals surface area contributed by atoms with Gasteiger partial charge in [0, 0.05) is 6.42 Å². The predicted molar refractivity (Wildman–Crippen MR) is 44.9 cm³/mol. The SMILES string of the molecule is O=C(P)Cc1ccccc1. The maximum Gasteiger partial charge on any atom is 0.152 e. The molecule has 0 aliphatic carbocycles. The minimum Gasteiger partial charge on any atom is -0.295 e. The summed E-state index contributed by atoms with van der Waals surface area (Å²) in [5, 5.41) is 0. The van der Waals surface area contributed by atoms with E-state index in [1.165, 1.54) is 0 Å². The summed E-state index contributed by atoms with van der Waals surface area (Å²) in [6, 6.07) is 9.70. The normalized spacial score (nSPS) is 9.30. The molecule has 10 heavy (non-hydrogen) atoms. The van der Waals surface area contributed by atoms with Gasteiger partial charge in [0.05, 0.1) is 0 Å². The van der Waals surface area contributed by atoms with Crippen LogP contribution in [0.1, 0.15) is 5.56 Å². The van der Waals surface area contributed by atoms with Crippen LogP contribution < -0.4 is 0 Å². The summed E-state index contributed by atoms with van der Waals surface area (Å²) in [5.74, 6) is 0. The molecule has 0 saturated heterocycles. The third-order valence-electron chi connectivity index (χ3n) is 1.22. The Labute approximate surface area is 62.7 Å². The molecule has 0 N–H and O–H groups in total. The molecule has 1 aromatic rings. The van der Waals surface area contributed by atoms with Crippen molar-refractivity contribution in [3.63, 3.8) is 0 Å². The van der Waals surface area contributed by atoms with E-state index in [0.29, 0.717) is 6.42 Å². The Balaban J connectivity index is 2.67. The third-order valence-corrected chi connectivity index (χ3v) is 1.43. The molecule has 0 radical (unpaired) electrons. The maximum atomic E-state index is 10.6. The van der Waals surface area contributed by atoms with Crippen molar-refractivity contribution < 1.29 is 4.79 Å². The van der Waals surface area contributed by atoms with E-state index >= 15 is 0 Å². The lowest BCUT2D eigenvalue weighted by atomic mass is 10.2. The topological polar surface area (TPSA) is 17.1 Å². The Morgan fingerprint density at radius 2 is 1.90 bits per heavy atom. The smallest absolute Gasteiger partial charge is 0.152 e. The van der Waals surface area contributed by atoms with Gasteiger partial charge in [-0.05, 0) is 5.56 Å². The van der Waals surface area contributed by atoms with E-state index in [1.807, 2.05) is 30.3 Å². The van der Waals surface area contributed by atoms with Crippen molar-refractivity contribution in [2.75, 3.05) is 0 Å². The molecular formula is C8H9OP. The number of hydrogen-bond donors (Lipinski definition) is 0. The van der Waals surface area contributed by atoms with Gasteiger partial charge in [0.25, 0.3) is 0 Å². The van der Waals surface area contributed by atoms with Gasteiger partial charge in [-0.2, -0.15) is 0 Å². The van der Waals surface area contributed by atoms with Crippen molar-refractivity contribution in [3.05, 3.63) is 35.9 Å². The second-order valence-corrected chi connectivity index (χ2v) is 2.77. The molecular weight excluding hydrogens is 143 g/mol. The fourth-order valence-electron chi connectivity index (χ4n) is 0.797. The van der Waals surface area contributed by atoms with Gasteiger partial charge in [0.2, 0.25) is 0 Å². The van der Waals surface area contributed by atoms with Crippen LogP contribution in [0.25, 0.3) is 0 Å². The first kappa shape index (κ1) is 7.43. The molecule has 0 amide bonds. The largest absolute Gasteiger partial charge is 0.295 e. The number of carbonyl (C=O) groups excluding carboxylic acids is 1. The van der Waals surface area contributed by atoms with Crippen LogP contribution in [0.2, 0.25) is 0 Å². The van der Waals surface area contributed by atoms with E-state index in [0.717, 1.165) is 5.56 Å². The molecule has 0 heterocycles. The van der Waals surface area contributed by atoms with E-state index in [4.69, 9.17) is 0 Å². The van der Waals surface area contributed by atoms with Crippen LogP contribution >= 0.6 is 9.24 Å². The molecule has 0 bridgehead atoms. The number of hydrogen-bond acceptors (Lipinski definition) is 1. The second-order valence-electron chi connectivity index (χ2n) is 2.13. The molecule has 1 aromatic carbocycles. The maximum absolute atomic E-state index is 10.6. The van der Waals surface area contributed by atoms with Crippen LogP contribution in [0, 0.1) is 0 Å². The van der Waals surface area contributed by atoms with Gasteiger partial charge in [-0.3, -0.25) is 4.79 Å². The Morgan fingerprint density at radius 1 is 1.30 bits per heavy atom. The van der Waals surface area contributed by atoms with Crippen LogP contribution in [0.3, 0.4) is 0 Å². The molecule has 1 unspecified atom stereocenters.